The Morgan fingerprint density at radius 3 is 2.59 bits per heavy atom. The standard InChI is InChI=1S/C20H21F2N5/c1-25-13-15(12-24-25)14-26-7-9-27(10-8-26)20-17(3-2-6-23-20)18-11-16(21)4-5-19(18)22/h2-6,11-13H,7-10,14H2,1H3. The quantitative estimate of drug-likeness (QED) is 0.708. The predicted octanol–water partition coefficient (Wildman–Crippen LogP) is 3.08. The van der Waals surface area contributed by atoms with E-state index in [1.54, 1.807) is 23.0 Å². The highest BCUT2D eigenvalue weighted by atomic mass is 19.1. The molecule has 2 aromatic heterocycles. The minimum atomic E-state index is -0.456. The maximum absolute atomic E-state index is 14.3. The van der Waals surface area contributed by atoms with Crippen LogP contribution in [0, 0.1) is 11.6 Å². The number of piperazine rings is 1. The van der Waals surface area contributed by atoms with Crippen LogP contribution in [0.25, 0.3) is 11.1 Å². The van der Waals surface area contributed by atoms with Gasteiger partial charge in [0.2, 0.25) is 0 Å². The van der Waals surface area contributed by atoms with E-state index in [-0.39, 0.29) is 5.56 Å². The molecule has 1 fully saturated rings. The number of aromatic nitrogens is 3. The molecule has 0 radical (unpaired) electrons. The zero-order chi connectivity index (χ0) is 18.8. The van der Waals surface area contributed by atoms with Crippen molar-refractivity contribution in [1.82, 2.24) is 19.7 Å². The average Bonchev–Trinajstić information content (AvgIpc) is 3.09. The van der Waals surface area contributed by atoms with Crippen molar-refractivity contribution >= 4 is 5.82 Å². The summed E-state index contributed by atoms with van der Waals surface area (Å²) in [6.45, 7) is 4.16. The molecule has 0 aliphatic carbocycles. The van der Waals surface area contributed by atoms with E-state index >= 15 is 0 Å². The van der Waals surface area contributed by atoms with Gasteiger partial charge in [-0.05, 0) is 30.3 Å². The molecule has 0 saturated carbocycles. The van der Waals surface area contributed by atoms with Crippen molar-refractivity contribution < 1.29 is 8.78 Å². The Balaban J connectivity index is 1.51. The van der Waals surface area contributed by atoms with E-state index in [0.717, 1.165) is 44.9 Å². The van der Waals surface area contributed by atoms with Gasteiger partial charge < -0.3 is 4.90 Å². The highest BCUT2D eigenvalue weighted by Crippen LogP contribution is 2.31. The van der Waals surface area contributed by atoms with Gasteiger partial charge in [-0.15, -0.1) is 0 Å². The van der Waals surface area contributed by atoms with Crippen molar-refractivity contribution in [3.05, 3.63) is 66.1 Å². The van der Waals surface area contributed by atoms with Crippen LogP contribution in [0.2, 0.25) is 0 Å². The number of hydrogen-bond donors (Lipinski definition) is 0. The number of hydrogen-bond acceptors (Lipinski definition) is 4. The van der Waals surface area contributed by atoms with Crippen LogP contribution in [-0.4, -0.2) is 45.8 Å². The molecular formula is C20H21F2N5. The lowest BCUT2D eigenvalue weighted by Gasteiger charge is -2.36. The molecular weight excluding hydrogens is 348 g/mol. The first-order valence-corrected chi connectivity index (χ1v) is 8.95. The topological polar surface area (TPSA) is 37.2 Å². The molecule has 7 heteroatoms. The molecule has 0 unspecified atom stereocenters. The molecule has 5 nitrogen and oxygen atoms in total. The number of rotatable bonds is 4. The van der Waals surface area contributed by atoms with Gasteiger partial charge >= 0.3 is 0 Å². The Labute approximate surface area is 156 Å². The Morgan fingerprint density at radius 2 is 1.85 bits per heavy atom. The van der Waals surface area contributed by atoms with E-state index in [1.807, 2.05) is 19.4 Å². The summed E-state index contributed by atoms with van der Waals surface area (Å²) in [5.41, 5.74) is 2.05. The fourth-order valence-electron chi connectivity index (χ4n) is 3.49. The zero-order valence-corrected chi connectivity index (χ0v) is 15.1. The van der Waals surface area contributed by atoms with Crippen LogP contribution in [0.15, 0.2) is 48.9 Å². The van der Waals surface area contributed by atoms with E-state index in [1.165, 1.54) is 11.6 Å². The van der Waals surface area contributed by atoms with Gasteiger partial charge in [0.25, 0.3) is 0 Å². The maximum atomic E-state index is 14.3. The fourth-order valence-corrected chi connectivity index (χ4v) is 3.49. The number of pyridine rings is 1. The highest BCUT2D eigenvalue weighted by molar-refractivity contribution is 5.76. The lowest BCUT2D eigenvalue weighted by molar-refractivity contribution is 0.249. The minimum absolute atomic E-state index is 0.246. The summed E-state index contributed by atoms with van der Waals surface area (Å²) in [5.74, 6) is -0.202. The van der Waals surface area contributed by atoms with Gasteiger partial charge in [-0.3, -0.25) is 9.58 Å². The highest BCUT2D eigenvalue weighted by Gasteiger charge is 2.22. The second-order valence-electron chi connectivity index (χ2n) is 6.78. The molecule has 0 atom stereocenters. The largest absolute Gasteiger partial charge is 0.354 e. The molecule has 3 aromatic rings. The summed E-state index contributed by atoms with van der Waals surface area (Å²) in [6.07, 6.45) is 5.60. The molecule has 140 valence electrons. The number of benzene rings is 1. The second-order valence-corrected chi connectivity index (χ2v) is 6.78. The van der Waals surface area contributed by atoms with Crippen LogP contribution >= 0.6 is 0 Å². The van der Waals surface area contributed by atoms with Crippen LogP contribution < -0.4 is 4.90 Å². The van der Waals surface area contributed by atoms with E-state index in [4.69, 9.17) is 0 Å². The van der Waals surface area contributed by atoms with Crippen LogP contribution in [0.1, 0.15) is 5.56 Å². The molecule has 0 N–H and O–H groups in total. The molecule has 1 saturated heterocycles. The summed E-state index contributed by atoms with van der Waals surface area (Å²) < 4.78 is 29.7. The third-order valence-electron chi connectivity index (χ3n) is 4.84. The molecule has 1 aliphatic heterocycles. The third-order valence-corrected chi connectivity index (χ3v) is 4.84. The summed E-state index contributed by atoms with van der Waals surface area (Å²) in [4.78, 5) is 8.97. The first-order valence-electron chi connectivity index (χ1n) is 8.95. The van der Waals surface area contributed by atoms with Crippen molar-refractivity contribution in [2.24, 2.45) is 7.05 Å². The van der Waals surface area contributed by atoms with Crippen molar-refractivity contribution in [2.45, 2.75) is 6.54 Å². The van der Waals surface area contributed by atoms with Crippen molar-refractivity contribution in [3.63, 3.8) is 0 Å². The fraction of sp³-hybridized carbons (Fsp3) is 0.300. The van der Waals surface area contributed by atoms with Crippen molar-refractivity contribution in [2.75, 3.05) is 31.1 Å². The molecule has 1 aliphatic rings. The SMILES string of the molecule is Cn1cc(CN2CCN(c3ncccc3-c3cc(F)ccc3F)CC2)cn1. The zero-order valence-electron chi connectivity index (χ0n) is 15.1. The van der Waals surface area contributed by atoms with Crippen LogP contribution in [0.3, 0.4) is 0 Å². The van der Waals surface area contributed by atoms with Gasteiger partial charge in [-0.25, -0.2) is 13.8 Å². The Morgan fingerprint density at radius 1 is 1.04 bits per heavy atom. The first-order chi connectivity index (χ1) is 13.1. The summed E-state index contributed by atoms with van der Waals surface area (Å²) in [5, 5.41) is 4.21. The van der Waals surface area contributed by atoms with E-state index < -0.39 is 11.6 Å². The van der Waals surface area contributed by atoms with Crippen LogP contribution in [0.4, 0.5) is 14.6 Å². The summed E-state index contributed by atoms with van der Waals surface area (Å²) >= 11 is 0. The van der Waals surface area contributed by atoms with Gasteiger partial charge in [0.1, 0.15) is 17.5 Å². The lowest BCUT2D eigenvalue weighted by Crippen LogP contribution is -2.46. The number of anilines is 1. The predicted molar refractivity (Wildman–Crippen MR) is 100 cm³/mol. The molecule has 4 rings (SSSR count). The second kappa shape index (κ2) is 7.44. The Hall–Kier alpha value is -2.80. The minimum Gasteiger partial charge on any atom is -0.354 e. The molecule has 3 heterocycles. The number of halogens is 2. The van der Waals surface area contributed by atoms with Gasteiger partial charge in [0, 0.05) is 68.9 Å². The molecule has 0 amide bonds. The Bertz CT molecular complexity index is 932. The monoisotopic (exact) mass is 369 g/mol. The van der Waals surface area contributed by atoms with Gasteiger partial charge in [0.15, 0.2) is 0 Å². The first kappa shape index (κ1) is 17.6. The molecule has 0 bridgehead atoms. The van der Waals surface area contributed by atoms with E-state index in [0.29, 0.717) is 11.4 Å². The maximum Gasteiger partial charge on any atom is 0.136 e. The molecule has 0 spiro atoms. The third kappa shape index (κ3) is 3.83. The van der Waals surface area contributed by atoms with Crippen molar-refractivity contribution in [3.8, 4) is 11.1 Å². The van der Waals surface area contributed by atoms with Crippen LogP contribution in [0.5, 0.6) is 0 Å². The van der Waals surface area contributed by atoms with Crippen molar-refractivity contribution in [1.29, 1.82) is 0 Å². The van der Waals surface area contributed by atoms with E-state index in [2.05, 4.69) is 19.9 Å². The van der Waals surface area contributed by atoms with E-state index in [9.17, 15) is 8.78 Å². The van der Waals surface area contributed by atoms with Gasteiger partial charge in [-0.1, -0.05) is 0 Å². The smallest absolute Gasteiger partial charge is 0.136 e. The normalized spacial score (nSPS) is 15.3. The number of aryl methyl sites for hydroxylation is 1. The Kier molecular flexibility index (Phi) is 4.85. The molecule has 1 aromatic carbocycles. The lowest BCUT2D eigenvalue weighted by atomic mass is 10.0. The van der Waals surface area contributed by atoms with Crippen LogP contribution in [-0.2, 0) is 13.6 Å². The number of nitrogens with zero attached hydrogens (tertiary/aromatic N) is 5. The summed E-state index contributed by atoms with van der Waals surface area (Å²) in [7, 11) is 1.91. The summed E-state index contributed by atoms with van der Waals surface area (Å²) in [6, 6.07) is 7.07. The van der Waals surface area contributed by atoms with Gasteiger partial charge in [-0.2, -0.15) is 5.10 Å². The molecule has 27 heavy (non-hydrogen) atoms. The average molecular weight is 369 g/mol. The van der Waals surface area contributed by atoms with Gasteiger partial charge in [0.05, 0.1) is 6.20 Å².